The van der Waals surface area contributed by atoms with Gasteiger partial charge >= 0.3 is 0 Å². The molecule has 0 saturated heterocycles. The van der Waals surface area contributed by atoms with Crippen molar-refractivity contribution >= 4 is 21.6 Å². The van der Waals surface area contributed by atoms with Crippen LogP contribution in [-0.4, -0.2) is 35.7 Å². The second kappa shape index (κ2) is 4.48. The van der Waals surface area contributed by atoms with Gasteiger partial charge < -0.3 is 9.67 Å². The van der Waals surface area contributed by atoms with E-state index in [-0.39, 0.29) is 16.9 Å². The number of aliphatic hydroxyl groups is 1. The summed E-state index contributed by atoms with van der Waals surface area (Å²) in [4.78, 5) is 3.67. The average molecular weight is 254 g/mol. The number of aryl methyl sites for hydroxylation is 1. The number of aromatic nitrogens is 2. The molecule has 6 nitrogen and oxygen atoms in total. The molecule has 15 heavy (non-hydrogen) atoms. The molecule has 0 aliphatic rings. The van der Waals surface area contributed by atoms with E-state index in [9.17, 15) is 8.42 Å². The van der Waals surface area contributed by atoms with Crippen LogP contribution in [-0.2, 0) is 17.1 Å². The largest absolute Gasteiger partial charge is 0.395 e. The Bertz CT molecular complexity index is 423. The fourth-order valence-electron chi connectivity index (χ4n) is 0.910. The van der Waals surface area contributed by atoms with E-state index in [1.54, 1.807) is 14.0 Å². The molecule has 1 aromatic heterocycles. The van der Waals surface area contributed by atoms with Gasteiger partial charge in [-0.15, -0.1) is 0 Å². The van der Waals surface area contributed by atoms with Crippen molar-refractivity contribution in [2.45, 2.75) is 18.0 Å². The highest BCUT2D eigenvalue weighted by atomic mass is 35.5. The lowest BCUT2D eigenvalue weighted by atomic mass is 10.4. The summed E-state index contributed by atoms with van der Waals surface area (Å²) in [5, 5.41) is 8.66. The quantitative estimate of drug-likeness (QED) is 0.774. The summed E-state index contributed by atoms with van der Waals surface area (Å²) in [5.41, 5.74) is 0. The van der Waals surface area contributed by atoms with Crippen molar-refractivity contribution in [2.75, 3.05) is 6.61 Å². The first kappa shape index (κ1) is 12.4. The molecule has 0 bridgehead atoms. The molecule has 2 N–H and O–H groups in total. The predicted octanol–water partition coefficient (Wildman–Crippen LogP) is -0.267. The minimum absolute atomic E-state index is 0.0898. The van der Waals surface area contributed by atoms with E-state index in [0.29, 0.717) is 0 Å². The molecule has 0 spiro atoms. The van der Waals surface area contributed by atoms with Crippen LogP contribution in [0.4, 0.5) is 0 Å². The van der Waals surface area contributed by atoms with Crippen LogP contribution in [0.2, 0.25) is 5.28 Å². The highest BCUT2D eigenvalue weighted by molar-refractivity contribution is 7.89. The SMILES string of the molecule is C[C@H](CO)NS(=O)(=O)c1cn(C)c(Cl)n1. The van der Waals surface area contributed by atoms with Crippen molar-refractivity contribution < 1.29 is 13.5 Å². The third-order valence-electron chi connectivity index (χ3n) is 1.70. The van der Waals surface area contributed by atoms with Gasteiger partial charge in [0.2, 0.25) is 5.28 Å². The summed E-state index contributed by atoms with van der Waals surface area (Å²) in [7, 11) is -2.11. The van der Waals surface area contributed by atoms with Crippen LogP contribution < -0.4 is 4.72 Å². The summed E-state index contributed by atoms with van der Waals surface area (Å²) in [6.07, 6.45) is 1.30. The summed E-state index contributed by atoms with van der Waals surface area (Å²) in [6, 6.07) is -0.559. The van der Waals surface area contributed by atoms with Crippen molar-refractivity contribution in [3.05, 3.63) is 11.5 Å². The molecule has 1 heterocycles. The van der Waals surface area contributed by atoms with E-state index in [1.165, 1.54) is 10.8 Å². The van der Waals surface area contributed by atoms with Gasteiger partial charge in [0.05, 0.1) is 6.61 Å². The Balaban J connectivity index is 2.96. The van der Waals surface area contributed by atoms with Gasteiger partial charge in [0.15, 0.2) is 5.03 Å². The molecule has 0 aliphatic carbocycles. The van der Waals surface area contributed by atoms with E-state index in [2.05, 4.69) is 9.71 Å². The van der Waals surface area contributed by atoms with Gasteiger partial charge in [0, 0.05) is 19.3 Å². The van der Waals surface area contributed by atoms with Crippen LogP contribution in [0.3, 0.4) is 0 Å². The molecule has 0 radical (unpaired) electrons. The van der Waals surface area contributed by atoms with Gasteiger partial charge in [-0.05, 0) is 18.5 Å². The maximum absolute atomic E-state index is 11.6. The average Bonchev–Trinajstić information content (AvgIpc) is 2.47. The molecule has 1 rings (SSSR count). The molecule has 86 valence electrons. The minimum atomic E-state index is -3.70. The van der Waals surface area contributed by atoms with Crippen molar-refractivity contribution in [3.63, 3.8) is 0 Å². The van der Waals surface area contributed by atoms with E-state index < -0.39 is 16.1 Å². The summed E-state index contributed by atoms with van der Waals surface area (Å²) in [5.74, 6) is 0. The fraction of sp³-hybridized carbons (Fsp3) is 0.571. The molecule has 0 fully saturated rings. The summed E-state index contributed by atoms with van der Waals surface area (Å²) < 4.78 is 26.9. The second-order valence-corrected chi connectivity index (χ2v) is 5.16. The maximum atomic E-state index is 11.6. The normalized spacial score (nSPS) is 14.1. The zero-order chi connectivity index (χ0) is 11.6. The lowest BCUT2D eigenvalue weighted by Gasteiger charge is -2.08. The van der Waals surface area contributed by atoms with Gasteiger partial charge in [-0.25, -0.2) is 18.1 Å². The molecule has 0 unspecified atom stereocenters. The number of nitrogens with zero attached hydrogens (tertiary/aromatic N) is 2. The Hall–Kier alpha value is -0.630. The van der Waals surface area contributed by atoms with Crippen LogP contribution >= 0.6 is 11.6 Å². The smallest absolute Gasteiger partial charge is 0.259 e. The maximum Gasteiger partial charge on any atom is 0.259 e. The molecular formula is C7H12ClN3O3S. The van der Waals surface area contributed by atoms with E-state index in [1.807, 2.05) is 0 Å². The number of nitrogens with one attached hydrogen (secondary N) is 1. The first-order valence-electron chi connectivity index (χ1n) is 4.19. The Morgan fingerprint density at radius 3 is 2.73 bits per heavy atom. The lowest BCUT2D eigenvalue weighted by Crippen LogP contribution is -2.35. The third kappa shape index (κ3) is 2.91. The van der Waals surface area contributed by atoms with E-state index in [0.717, 1.165) is 0 Å². The number of sulfonamides is 1. The number of rotatable bonds is 4. The highest BCUT2D eigenvalue weighted by Crippen LogP contribution is 2.12. The fourth-order valence-corrected chi connectivity index (χ4v) is 2.33. The zero-order valence-corrected chi connectivity index (χ0v) is 9.88. The third-order valence-corrected chi connectivity index (χ3v) is 3.51. The molecule has 1 atom stereocenters. The molecular weight excluding hydrogens is 242 g/mol. The van der Waals surface area contributed by atoms with Crippen LogP contribution in [0.1, 0.15) is 6.92 Å². The summed E-state index contributed by atoms with van der Waals surface area (Å²) >= 11 is 5.62. The number of hydrogen-bond donors (Lipinski definition) is 2. The lowest BCUT2D eigenvalue weighted by molar-refractivity contribution is 0.265. The van der Waals surface area contributed by atoms with Gasteiger partial charge in [-0.1, -0.05) is 0 Å². The number of hydrogen-bond acceptors (Lipinski definition) is 4. The van der Waals surface area contributed by atoms with Gasteiger partial charge in [-0.2, -0.15) is 0 Å². The Morgan fingerprint density at radius 1 is 1.73 bits per heavy atom. The molecule has 0 aliphatic heterocycles. The first-order chi connectivity index (χ1) is 6.86. The van der Waals surface area contributed by atoms with Crippen molar-refractivity contribution in [3.8, 4) is 0 Å². The number of halogens is 1. The first-order valence-corrected chi connectivity index (χ1v) is 6.05. The molecule has 0 aromatic carbocycles. The van der Waals surface area contributed by atoms with Crippen LogP contribution in [0.15, 0.2) is 11.2 Å². The predicted molar refractivity (Wildman–Crippen MR) is 55.1 cm³/mol. The Kier molecular flexibility index (Phi) is 3.72. The van der Waals surface area contributed by atoms with Crippen LogP contribution in [0, 0.1) is 0 Å². The zero-order valence-electron chi connectivity index (χ0n) is 8.31. The monoisotopic (exact) mass is 253 g/mol. The number of aliphatic hydroxyl groups excluding tert-OH is 1. The minimum Gasteiger partial charge on any atom is -0.395 e. The van der Waals surface area contributed by atoms with Crippen molar-refractivity contribution in [1.29, 1.82) is 0 Å². The van der Waals surface area contributed by atoms with E-state index in [4.69, 9.17) is 16.7 Å². The second-order valence-electron chi connectivity index (χ2n) is 3.16. The number of imidazole rings is 1. The molecule has 8 heteroatoms. The van der Waals surface area contributed by atoms with Gasteiger partial charge in [0.25, 0.3) is 10.0 Å². The van der Waals surface area contributed by atoms with Crippen molar-refractivity contribution in [2.24, 2.45) is 7.05 Å². The Labute approximate surface area is 92.9 Å². The standard InChI is InChI=1S/C7H12ClN3O3S/c1-5(4-12)10-15(13,14)6-3-11(2)7(8)9-6/h3,5,10,12H,4H2,1-2H3/t5-/m1/s1. The molecule has 1 aromatic rings. The Morgan fingerprint density at radius 2 is 2.33 bits per heavy atom. The highest BCUT2D eigenvalue weighted by Gasteiger charge is 2.20. The van der Waals surface area contributed by atoms with Gasteiger partial charge in [-0.3, -0.25) is 0 Å². The van der Waals surface area contributed by atoms with Crippen LogP contribution in [0.25, 0.3) is 0 Å². The summed E-state index contributed by atoms with van der Waals surface area (Å²) in [6.45, 7) is 1.27. The van der Waals surface area contributed by atoms with E-state index >= 15 is 0 Å². The molecule has 0 saturated carbocycles. The molecule has 0 amide bonds. The van der Waals surface area contributed by atoms with Crippen molar-refractivity contribution in [1.82, 2.24) is 14.3 Å². The topological polar surface area (TPSA) is 84.2 Å². The van der Waals surface area contributed by atoms with Gasteiger partial charge in [0.1, 0.15) is 0 Å². The van der Waals surface area contributed by atoms with Crippen LogP contribution in [0.5, 0.6) is 0 Å².